The molecule has 2 aromatic carbocycles. The van der Waals surface area contributed by atoms with E-state index >= 15 is 0 Å². The van der Waals surface area contributed by atoms with Gasteiger partial charge in [-0.1, -0.05) is 18.2 Å². The maximum atomic E-state index is 12.3. The largest absolute Gasteiger partial charge is 0.480 e. The minimum absolute atomic E-state index is 0.0534. The van der Waals surface area contributed by atoms with E-state index in [1.165, 1.54) is 11.8 Å². The van der Waals surface area contributed by atoms with Gasteiger partial charge in [-0.2, -0.15) is 0 Å². The second kappa shape index (κ2) is 9.20. The van der Waals surface area contributed by atoms with Gasteiger partial charge in [-0.05, 0) is 36.4 Å². The van der Waals surface area contributed by atoms with Crippen LogP contribution in [0.25, 0.3) is 0 Å². The van der Waals surface area contributed by atoms with Gasteiger partial charge in [0.05, 0.1) is 6.54 Å². The Morgan fingerprint density at radius 2 is 1.69 bits per heavy atom. The fraction of sp³-hybridized carbons (Fsp3) is 0.286. The predicted octanol–water partition coefficient (Wildman–Crippen LogP) is 2.03. The third-order valence-electron chi connectivity index (χ3n) is 4.64. The first-order chi connectivity index (χ1) is 13.9. The molecule has 0 saturated carbocycles. The first-order valence-corrected chi connectivity index (χ1v) is 9.27. The monoisotopic (exact) mass is 397 g/mol. The molecular weight excluding hydrogens is 374 g/mol. The standard InChI is InChI=1S/C21H23N3O5/c1-15(25)24-12-11-23(13-19(24)21(27)28)14-20(26)22-16-7-9-18(10-8-16)29-17-5-3-2-4-6-17/h2-10,19H,11-14H2,1H3,(H,22,26)(H,27,28). The molecule has 1 fully saturated rings. The molecule has 2 N–H and O–H groups in total. The van der Waals surface area contributed by atoms with Crippen molar-refractivity contribution in [2.24, 2.45) is 0 Å². The predicted molar refractivity (Wildman–Crippen MR) is 107 cm³/mol. The van der Waals surface area contributed by atoms with E-state index in [2.05, 4.69) is 5.32 Å². The summed E-state index contributed by atoms with van der Waals surface area (Å²) in [5.74, 6) is -0.221. The molecule has 1 aliphatic heterocycles. The molecule has 0 aliphatic carbocycles. The Morgan fingerprint density at radius 3 is 2.31 bits per heavy atom. The van der Waals surface area contributed by atoms with Crippen molar-refractivity contribution in [1.29, 1.82) is 0 Å². The van der Waals surface area contributed by atoms with Crippen LogP contribution in [-0.4, -0.2) is 64.9 Å². The van der Waals surface area contributed by atoms with Gasteiger partial charge in [0.25, 0.3) is 0 Å². The number of carboxylic acids is 1. The third kappa shape index (κ3) is 5.55. The molecule has 1 unspecified atom stereocenters. The number of rotatable bonds is 6. The highest BCUT2D eigenvalue weighted by Crippen LogP contribution is 2.22. The number of carboxylic acid groups (broad SMARTS) is 1. The number of benzene rings is 2. The van der Waals surface area contributed by atoms with E-state index in [9.17, 15) is 19.5 Å². The summed E-state index contributed by atoms with van der Waals surface area (Å²) in [6.45, 7) is 2.25. The number of carbonyl (C=O) groups excluding carboxylic acids is 2. The van der Waals surface area contributed by atoms with E-state index in [1.54, 1.807) is 29.2 Å². The highest BCUT2D eigenvalue weighted by molar-refractivity contribution is 5.92. The van der Waals surface area contributed by atoms with E-state index in [0.717, 1.165) is 5.75 Å². The second-order valence-electron chi connectivity index (χ2n) is 6.79. The maximum Gasteiger partial charge on any atom is 0.327 e. The lowest BCUT2D eigenvalue weighted by molar-refractivity contribution is -0.153. The van der Waals surface area contributed by atoms with Crippen LogP contribution in [0.4, 0.5) is 5.69 Å². The van der Waals surface area contributed by atoms with Crippen LogP contribution in [0.15, 0.2) is 54.6 Å². The van der Waals surface area contributed by atoms with Gasteiger partial charge in [-0.3, -0.25) is 14.5 Å². The molecule has 8 heteroatoms. The zero-order valence-corrected chi connectivity index (χ0v) is 16.1. The minimum atomic E-state index is -1.07. The number of amides is 2. The number of para-hydroxylation sites is 1. The summed E-state index contributed by atoms with van der Waals surface area (Å²) >= 11 is 0. The molecule has 3 rings (SSSR count). The van der Waals surface area contributed by atoms with Gasteiger partial charge in [0.15, 0.2) is 0 Å². The summed E-state index contributed by atoms with van der Waals surface area (Å²) in [6, 6.07) is 15.4. The van der Waals surface area contributed by atoms with Gasteiger partial charge >= 0.3 is 5.97 Å². The molecule has 2 aromatic rings. The Bertz CT molecular complexity index is 870. The Kier molecular flexibility index (Phi) is 6.46. The number of hydrogen-bond acceptors (Lipinski definition) is 5. The fourth-order valence-corrected chi connectivity index (χ4v) is 3.21. The molecule has 1 saturated heterocycles. The average molecular weight is 397 g/mol. The average Bonchev–Trinajstić information content (AvgIpc) is 2.70. The van der Waals surface area contributed by atoms with Crippen LogP contribution in [-0.2, 0) is 14.4 Å². The van der Waals surface area contributed by atoms with E-state index < -0.39 is 12.0 Å². The summed E-state index contributed by atoms with van der Waals surface area (Å²) in [4.78, 5) is 38.4. The van der Waals surface area contributed by atoms with Crippen molar-refractivity contribution in [3.05, 3.63) is 54.6 Å². The highest BCUT2D eigenvalue weighted by atomic mass is 16.5. The molecular formula is C21H23N3O5. The molecule has 8 nitrogen and oxygen atoms in total. The number of hydrogen-bond donors (Lipinski definition) is 2. The van der Waals surface area contributed by atoms with Crippen molar-refractivity contribution >= 4 is 23.5 Å². The molecule has 152 valence electrons. The lowest BCUT2D eigenvalue weighted by Crippen LogP contribution is -2.58. The topological polar surface area (TPSA) is 99.2 Å². The smallest absolute Gasteiger partial charge is 0.327 e. The summed E-state index contributed by atoms with van der Waals surface area (Å²) in [5.41, 5.74) is 0.618. The van der Waals surface area contributed by atoms with Crippen molar-refractivity contribution < 1.29 is 24.2 Å². The van der Waals surface area contributed by atoms with Gasteiger partial charge in [0.1, 0.15) is 17.5 Å². The number of nitrogens with zero attached hydrogens (tertiary/aromatic N) is 2. The Hall–Kier alpha value is -3.39. The molecule has 29 heavy (non-hydrogen) atoms. The summed E-state index contributed by atoms with van der Waals surface area (Å²) in [5, 5.41) is 12.1. The highest BCUT2D eigenvalue weighted by Gasteiger charge is 2.34. The van der Waals surface area contributed by atoms with Crippen LogP contribution >= 0.6 is 0 Å². The fourth-order valence-electron chi connectivity index (χ4n) is 3.21. The van der Waals surface area contributed by atoms with Crippen molar-refractivity contribution in [3.8, 4) is 11.5 Å². The van der Waals surface area contributed by atoms with Crippen LogP contribution < -0.4 is 10.1 Å². The van der Waals surface area contributed by atoms with E-state index in [-0.39, 0.29) is 31.4 Å². The lowest BCUT2D eigenvalue weighted by Gasteiger charge is -2.38. The normalized spacial score (nSPS) is 16.9. The van der Waals surface area contributed by atoms with Crippen LogP contribution in [0.3, 0.4) is 0 Å². The molecule has 0 bridgehead atoms. The Labute approximate surface area is 168 Å². The van der Waals surface area contributed by atoms with Gasteiger partial charge in [0.2, 0.25) is 11.8 Å². The van der Waals surface area contributed by atoms with Crippen molar-refractivity contribution in [3.63, 3.8) is 0 Å². The lowest BCUT2D eigenvalue weighted by atomic mass is 10.1. The summed E-state index contributed by atoms with van der Waals surface area (Å²) in [7, 11) is 0. The number of nitrogens with one attached hydrogen (secondary N) is 1. The zero-order valence-electron chi connectivity index (χ0n) is 16.1. The molecule has 0 spiro atoms. The summed E-state index contributed by atoms with van der Waals surface area (Å²) < 4.78 is 5.71. The summed E-state index contributed by atoms with van der Waals surface area (Å²) in [6.07, 6.45) is 0. The molecule has 0 aromatic heterocycles. The zero-order chi connectivity index (χ0) is 20.8. The van der Waals surface area contributed by atoms with Crippen LogP contribution in [0.2, 0.25) is 0 Å². The van der Waals surface area contributed by atoms with E-state index in [4.69, 9.17) is 4.74 Å². The minimum Gasteiger partial charge on any atom is -0.480 e. The quantitative estimate of drug-likeness (QED) is 0.774. The first-order valence-electron chi connectivity index (χ1n) is 9.27. The SMILES string of the molecule is CC(=O)N1CCN(CC(=O)Nc2ccc(Oc3ccccc3)cc2)CC1C(=O)O. The Morgan fingerprint density at radius 1 is 1.03 bits per heavy atom. The molecule has 1 aliphatic rings. The number of aliphatic carboxylic acids is 1. The van der Waals surface area contributed by atoms with Crippen molar-refractivity contribution in [2.45, 2.75) is 13.0 Å². The third-order valence-corrected chi connectivity index (χ3v) is 4.64. The molecule has 0 radical (unpaired) electrons. The van der Waals surface area contributed by atoms with Crippen LogP contribution in [0, 0.1) is 0 Å². The van der Waals surface area contributed by atoms with Gasteiger partial charge in [-0.25, -0.2) is 4.79 Å². The maximum absolute atomic E-state index is 12.3. The number of anilines is 1. The second-order valence-corrected chi connectivity index (χ2v) is 6.79. The van der Waals surface area contributed by atoms with Crippen LogP contribution in [0.1, 0.15) is 6.92 Å². The molecule has 1 heterocycles. The number of ether oxygens (including phenoxy) is 1. The van der Waals surface area contributed by atoms with Crippen LogP contribution in [0.5, 0.6) is 11.5 Å². The van der Waals surface area contributed by atoms with Gasteiger partial charge < -0.3 is 20.1 Å². The molecule has 1 atom stereocenters. The Balaban J connectivity index is 1.53. The molecule has 2 amide bonds. The van der Waals surface area contributed by atoms with Crippen molar-refractivity contribution in [1.82, 2.24) is 9.80 Å². The van der Waals surface area contributed by atoms with E-state index in [0.29, 0.717) is 18.0 Å². The first kappa shape index (κ1) is 20.3. The van der Waals surface area contributed by atoms with Crippen molar-refractivity contribution in [2.75, 3.05) is 31.5 Å². The van der Waals surface area contributed by atoms with Gasteiger partial charge in [-0.15, -0.1) is 0 Å². The van der Waals surface area contributed by atoms with E-state index in [1.807, 2.05) is 30.3 Å². The number of carbonyl (C=O) groups is 3. The number of piperazine rings is 1. The van der Waals surface area contributed by atoms with Gasteiger partial charge in [0, 0.05) is 32.2 Å².